The summed E-state index contributed by atoms with van der Waals surface area (Å²) in [6.07, 6.45) is 0. The highest BCUT2D eigenvalue weighted by Crippen LogP contribution is 2.34. The number of alkyl halides is 2. The number of benzene rings is 2. The number of nitrogen functional groups attached to an aromatic ring is 1. The van der Waals surface area contributed by atoms with Crippen LogP contribution in [-0.4, -0.2) is 11.7 Å². The van der Waals surface area contributed by atoms with Crippen LogP contribution in [0.2, 0.25) is 0 Å². The van der Waals surface area contributed by atoms with Gasteiger partial charge in [-0.2, -0.15) is 8.78 Å². The minimum Gasteiger partial charge on any atom is -0.397 e. The zero-order chi connectivity index (χ0) is 15.4. The Hall–Kier alpha value is -2.28. The largest absolute Gasteiger partial charge is 0.397 e. The average molecular weight is 309 g/mol. The number of rotatable bonds is 5. The Balaban J connectivity index is 2.28. The van der Waals surface area contributed by atoms with Crippen molar-refractivity contribution in [2.75, 3.05) is 11.1 Å². The second-order valence-corrected chi connectivity index (χ2v) is 5.20. The molecule has 0 bridgehead atoms. The van der Waals surface area contributed by atoms with E-state index in [9.17, 15) is 13.6 Å². The molecule has 110 valence electrons. The van der Waals surface area contributed by atoms with E-state index >= 15 is 0 Å². The second-order valence-electron chi connectivity index (χ2n) is 4.17. The van der Waals surface area contributed by atoms with Gasteiger partial charge in [-0.3, -0.25) is 4.79 Å². The van der Waals surface area contributed by atoms with Crippen LogP contribution >= 0.6 is 11.8 Å². The molecule has 0 aliphatic carbocycles. The molecule has 2 aromatic rings. The number of carbonyl (C=O) groups excluding carboxylic acids is 1. The Kier molecular flexibility index (Phi) is 4.64. The number of hydrogen-bond donors (Lipinski definition) is 3. The molecule has 2 aromatic carbocycles. The molecule has 0 aliphatic heterocycles. The lowest BCUT2D eigenvalue weighted by Crippen LogP contribution is -2.11. The van der Waals surface area contributed by atoms with Gasteiger partial charge >= 0.3 is 0 Å². The molecule has 0 fully saturated rings. The van der Waals surface area contributed by atoms with Crippen LogP contribution in [0, 0.1) is 0 Å². The van der Waals surface area contributed by atoms with E-state index in [-0.39, 0.29) is 5.56 Å². The molecule has 21 heavy (non-hydrogen) atoms. The molecule has 0 radical (unpaired) electrons. The number of halogens is 2. The van der Waals surface area contributed by atoms with Crippen molar-refractivity contribution in [3.8, 4) is 0 Å². The highest BCUT2D eigenvalue weighted by molar-refractivity contribution is 7.99. The predicted octanol–water partition coefficient (Wildman–Crippen LogP) is 3.43. The van der Waals surface area contributed by atoms with Crippen molar-refractivity contribution in [1.29, 1.82) is 0 Å². The number of hydrogen-bond acceptors (Lipinski definition) is 4. The Labute approximate surface area is 124 Å². The molecule has 0 atom stereocenters. The molecular weight excluding hydrogens is 296 g/mol. The molecule has 1 amide bonds. The SMILES string of the molecule is NC(=O)c1ccc(Nc2ccccc2SC(F)F)c(N)c1. The van der Waals surface area contributed by atoms with Crippen molar-refractivity contribution in [3.05, 3.63) is 48.0 Å². The molecule has 4 nitrogen and oxygen atoms in total. The van der Waals surface area contributed by atoms with Crippen molar-refractivity contribution >= 4 is 34.7 Å². The fourth-order valence-electron chi connectivity index (χ4n) is 1.74. The van der Waals surface area contributed by atoms with Gasteiger partial charge in [-0.05, 0) is 30.3 Å². The molecule has 0 saturated heterocycles. The van der Waals surface area contributed by atoms with E-state index in [0.717, 1.165) is 0 Å². The summed E-state index contributed by atoms with van der Waals surface area (Å²) < 4.78 is 25.0. The summed E-state index contributed by atoms with van der Waals surface area (Å²) >= 11 is 0.447. The van der Waals surface area contributed by atoms with Gasteiger partial charge in [0, 0.05) is 10.5 Å². The Morgan fingerprint density at radius 2 is 1.86 bits per heavy atom. The lowest BCUT2D eigenvalue weighted by atomic mass is 10.1. The van der Waals surface area contributed by atoms with Gasteiger partial charge in [0.2, 0.25) is 5.91 Å². The Morgan fingerprint density at radius 1 is 1.14 bits per heavy atom. The van der Waals surface area contributed by atoms with E-state index < -0.39 is 11.7 Å². The summed E-state index contributed by atoms with van der Waals surface area (Å²) in [7, 11) is 0. The Bertz CT molecular complexity index is 664. The third kappa shape index (κ3) is 3.85. The van der Waals surface area contributed by atoms with Crippen LogP contribution in [0.5, 0.6) is 0 Å². The standard InChI is InChI=1S/C14H13F2N3OS/c15-14(16)21-12-4-2-1-3-11(12)19-10-6-5-8(13(18)20)7-9(10)17/h1-7,14,19H,17H2,(H2,18,20). The highest BCUT2D eigenvalue weighted by Gasteiger charge is 2.11. The zero-order valence-corrected chi connectivity index (χ0v) is 11.7. The van der Waals surface area contributed by atoms with E-state index in [0.29, 0.717) is 33.7 Å². The fraction of sp³-hybridized carbons (Fsp3) is 0.0714. The summed E-state index contributed by atoms with van der Waals surface area (Å²) in [6, 6.07) is 11.2. The summed E-state index contributed by atoms with van der Waals surface area (Å²) in [5, 5.41) is 2.98. The quantitative estimate of drug-likeness (QED) is 0.584. The first-order valence-corrected chi connectivity index (χ1v) is 6.85. The third-order valence-electron chi connectivity index (χ3n) is 2.71. The summed E-state index contributed by atoms with van der Waals surface area (Å²) in [5.74, 6) is -3.09. The minimum absolute atomic E-state index is 0.285. The topological polar surface area (TPSA) is 81.1 Å². The van der Waals surface area contributed by atoms with Gasteiger partial charge < -0.3 is 16.8 Å². The number of thioether (sulfide) groups is 1. The van der Waals surface area contributed by atoms with Crippen molar-refractivity contribution in [3.63, 3.8) is 0 Å². The van der Waals surface area contributed by atoms with Gasteiger partial charge in [0.05, 0.1) is 17.1 Å². The van der Waals surface area contributed by atoms with Crippen LogP contribution in [-0.2, 0) is 0 Å². The van der Waals surface area contributed by atoms with Crippen molar-refractivity contribution in [1.82, 2.24) is 0 Å². The average Bonchev–Trinajstić information content (AvgIpc) is 2.42. The van der Waals surface area contributed by atoms with Gasteiger partial charge in [-0.1, -0.05) is 23.9 Å². The number of amides is 1. The number of nitrogens with one attached hydrogen (secondary N) is 1. The van der Waals surface area contributed by atoms with Gasteiger partial charge in [-0.15, -0.1) is 0 Å². The van der Waals surface area contributed by atoms with Gasteiger partial charge in [0.15, 0.2) is 0 Å². The van der Waals surface area contributed by atoms with Crippen molar-refractivity contribution < 1.29 is 13.6 Å². The number of nitrogens with two attached hydrogens (primary N) is 2. The van der Waals surface area contributed by atoms with E-state index in [1.807, 2.05) is 0 Å². The molecule has 2 rings (SSSR count). The number of primary amides is 1. The monoisotopic (exact) mass is 309 g/mol. The molecular formula is C14H13F2N3OS. The first-order valence-electron chi connectivity index (χ1n) is 5.97. The number of carbonyl (C=O) groups is 1. The van der Waals surface area contributed by atoms with Crippen LogP contribution in [0.4, 0.5) is 25.8 Å². The van der Waals surface area contributed by atoms with E-state index in [1.54, 1.807) is 30.3 Å². The third-order valence-corrected chi connectivity index (χ3v) is 3.50. The molecule has 0 spiro atoms. The number of anilines is 3. The van der Waals surface area contributed by atoms with Crippen LogP contribution < -0.4 is 16.8 Å². The second kappa shape index (κ2) is 6.45. The van der Waals surface area contributed by atoms with Crippen molar-refractivity contribution in [2.45, 2.75) is 10.7 Å². The maximum atomic E-state index is 12.5. The molecule has 5 N–H and O–H groups in total. The van der Waals surface area contributed by atoms with Gasteiger partial charge in [-0.25, -0.2) is 0 Å². The number of para-hydroxylation sites is 1. The molecule has 0 saturated carbocycles. The maximum absolute atomic E-state index is 12.5. The molecule has 0 aromatic heterocycles. The van der Waals surface area contributed by atoms with E-state index in [4.69, 9.17) is 11.5 Å². The van der Waals surface area contributed by atoms with Crippen molar-refractivity contribution in [2.24, 2.45) is 5.73 Å². The van der Waals surface area contributed by atoms with Crippen LogP contribution in [0.15, 0.2) is 47.4 Å². The van der Waals surface area contributed by atoms with Gasteiger partial charge in [0.1, 0.15) is 0 Å². The summed E-state index contributed by atoms with van der Waals surface area (Å²) in [6.45, 7) is 0. The smallest absolute Gasteiger partial charge is 0.288 e. The molecule has 0 heterocycles. The van der Waals surface area contributed by atoms with Crippen LogP contribution in [0.25, 0.3) is 0 Å². The lowest BCUT2D eigenvalue weighted by Gasteiger charge is -2.13. The Morgan fingerprint density at radius 3 is 2.48 bits per heavy atom. The van der Waals surface area contributed by atoms with Crippen LogP contribution in [0.3, 0.4) is 0 Å². The normalized spacial score (nSPS) is 10.6. The molecule has 0 aliphatic rings. The highest BCUT2D eigenvalue weighted by atomic mass is 32.2. The molecule has 0 unspecified atom stereocenters. The first-order chi connectivity index (χ1) is 9.97. The van der Waals surface area contributed by atoms with Crippen LogP contribution in [0.1, 0.15) is 10.4 Å². The minimum atomic E-state index is -2.51. The fourth-order valence-corrected chi connectivity index (χ4v) is 2.34. The molecule has 7 heteroatoms. The predicted molar refractivity (Wildman–Crippen MR) is 81.0 cm³/mol. The summed E-state index contributed by atoms with van der Waals surface area (Å²) in [5.41, 5.74) is 12.6. The maximum Gasteiger partial charge on any atom is 0.288 e. The zero-order valence-electron chi connectivity index (χ0n) is 10.8. The summed E-state index contributed by atoms with van der Waals surface area (Å²) in [4.78, 5) is 11.5. The van der Waals surface area contributed by atoms with E-state index in [1.165, 1.54) is 12.1 Å². The first kappa shape index (κ1) is 15.1. The van der Waals surface area contributed by atoms with E-state index in [2.05, 4.69) is 5.32 Å². The van der Waals surface area contributed by atoms with Gasteiger partial charge in [0.25, 0.3) is 5.76 Å². The lowest BCUT2D eigenvalue weighted by molar-refractivity contribution is 0.100.